The maximum absolute atomic E-state index is 9.72. The van der Waals surface area contributed by atoms with Crippen LogP contribution < -0.4 is 0 Å². The number of hydrogen-bond acceptors (Lipinski definition) is 2. The molecule has 0 aromatic carbocycles. The second kappa shape index (κ2) is 6.40. The first-order valence-electron chi connectivity index (χ1n) is 5.96. The summed E-state index contributed by atoms with van der Waals surface area (Å²) in [5, 5.41) is 14.1. The zero-order valence-corrected chi connectivity index (χ0v) is 11.9. The lowest BCUT2D eigenvalue weighted by Gasteiger charge is -2.13. The lowest BCUT2D eigenvalue weighted by Crippen LogP contribution is -2.12. The molecule has 1 heterocycles. The van der Waals surface area contributed by atoms with E-state index in [4.69, 9.17) is 0 Å². The van der Waals surface area contributed by atoms with Crippen LogP contribution in [0.4, 0.5) is 0 Å². The minimum atomic E-state index is -0.188. The number of aromatic nitrogens is 2. The van der Waals surface area contributed by atoms with Crippen molar-refractivity contribution in [3.63, 3.8) is 0 Å². The van der Waals surface area contributed by atoms with Gasteiger partial charge in [-0.25, -0.2) is 0 Å². The van der Waals surface area contributed by atoms with Gasteiger partial charge in [0.15, 0.2) is 0 Å². The molecule has 4 heteroatoms. The first-order chi connectivity index (χ1) is 7.56. The highest BCUT2D eigenvalue weighted by atomic mass is 79.9. The smallest absolute Gasteiger partial charge is 0.0635 e. The van der Waals surface area contributed by atoms with Gasteiger partial charge in [0.1, 0.15) is 0 Å². The average molecular weight is 289 g/mol. The average Bonchev–Trinajstić information content (AvgIpc) is 2.57. The van der Waals surface area contributed by atoms with Gasteiger partial charge in [0.2, 0.25) is 0 Å². The fourth-order valence-electron chi connectivity index (χ4n) is 1.83. The molecule has 1 N–H and O–H groups in total. The van der Waals surface area contributed by atoms with Gasteiger partial charge in [-0.15, -0.1) is 0 Å². The highest BCUT2D eigenvalue weighted by Crippen LogP contribution is 2.21. The van der Waals surface area contributed by atoms with Gasteiger partial charge >= 0.3 is 0 Å². The van der Waals surface area contributed by atoms with Gasteiger partial charge in [0.25, 0.3) is 0 Å². The molecule has 0 aliphatic carbocycles. The van der Waals surface area contributed by atoms with Gasteiger partial charge in [0.05, 0.1) is 22.5 Å². The Kier molecular flexibility index (Phi) is 5.49. The van der Waals surface area contributed by atoms with Gasteiger partial charge < -0.3 is 5.11 Å². The van der Waals surface area contributed by atoms with E-state index < -0.39 is 0 Å². The Morgan fingerprint density at radius 2 is 2.12 bits per heavy atom. The van der Waals surface area contributed by atoms with Gasteiger partial charge in [-0.3, -0.25) is 4.68 Å². The van der Waals surface area contributed by atoms with E-state index in [0.29, 0.717) is 6.04 Å². The van der Waals surface area contributed by atoms with E-state index in [1.165, 1.54) is 5.69 Å². The van der Waals surface area contributed by atoms with E-state index in [1.54, 1.807) is 0 Å². The maximum Gasteiger partial charge on any atom is 0.0635 e. The molecular weight excluding hydrogens is 268 g/mol. The lowest BCUT2D eigenvalue weighted by atomic mass is 10.1. The normalized spacial score (nSPS) is 13.4. The molecule has 92 valence electrons. The van der Waals surface area contributed by atoms with Gasteiger partial charge in [-0.05, 0) is 49.0 Å². The number of aliphatic hydroxyl groups is 1. The van der Waals surface area contributed by atoms with E-state index in [9.17, 15) is 5.11 Å². The minimum Gasteiger partial charge on any atom is -0.393 e. The summed E-state index contributed by atoms with van der Waals surface area (Å²) in [5.41, 5.74) is 1.19. The third kappa shape index (κ3) is 3.59. The van der Waals surface area contributed by atoms with Crippen LogP contribution in [0.3, 0.4) is 0 Å². The number of aliphatic hydroxyl groups excluding tert-OH is 1. The Morgan fingerprint density at radius 3 is 2.69 bits per heavy atom. The summed E-state index contributed by atoms with van der Waals surface area (Å²) in [6.07, 6.45) is 5.25. The number of halogens is 1. The second-order valence-electron chi connectivity index (χ2n) is 4.46. The van der Waals surface area contributed by atoms with Crippen molar-refractivity contribution in [1.29, 1.82) is 0 Å². The van der Waals surface area contributed by atoms with Gasteiger partial charge in [0, 0.05) is 6.04 Å². The third-order valence-electron chi connectivity index (χ3n) is 2.67. The molecule has 1 unspecified atom stereocenters. The third-order valence-corrected chi connectivity index (χ3v) is 3.34. The fourth-order valence-corrected chi connectivity index (χ4v) is 2.30. The lowest BCUT2D eigenvalue weighted by molar-refractivity contribution is 0.153. The largest absolute Gasteiger partial charge is 0.393 e. The van der Waals surface area contributed by atoms with Crippen LogP contribution in [0.25, 0.3) is 0 Å². The van der Waals surface area contributed by atoms with Crippen molar-refractivity contribution in [2.45, 2.75) is 58.6 Å². The van der Waals surface area contributed by atoms with Crippen LogP contribution in [0.5, 0.6) is 0 Å². The molecule has 0 saturated carbocycles. The molecule has 0 radical (unpaired) electrons. The van der Waals surface area contributed by atoms with Crippen LogP contribution in [0.1, 0.15) is 51.8 Å². The Labute approximate surface area is 106 Å². The van der Waals surface area contributed by atoms with Crippen LogP contribution in [0.15, 0.2) is 10.7 Å². The monoisotopic (exact) mass is 288 g/mol. The van der Waals surface area contributed by atoms with Crippen molar-refractivity contribution < 1.29 is 5.11 Å². The zero-order valence-electron chi connectivity index (χ0n) is 10.3. The van der Waals surface area contributed by atoms with Crippen molar-refractivity contribution in [3.05, 3.63) is 16.4 Å². The molecule has 1 aromatic rings. The Balaban J connectivity index is 2.62. The van der Waals surface area contributed by atoms with Crippen molar-refractivity contribution >= 4 is 15.9 Å². The molecule has 0 aliphatic heterocycles. The SMILES string of the molecule is CCCC(O)CCc1c(Br)cnn1C(C)C. The van der Waals surface area contributed by atoms with Crippen LogP contribution >= 0.6 is 15.9 Å². The van der Waals surface area contributed by atoms with Crippen LogP contribution in [-0.2, 0) is 6.42 Å². The highest BCUT2D eigenvalue weighted by molar-refractivity contribution is 9.10. The molecule has 0 aliphatic rings. The first-order valence-corrected chi connectivity index (χ1v) is 6.75. The quantitative estimate of drug-likeness (QED) is 0.872. The van der Waals surface area contributed by atoms with E-state index in [2.05, 4.69) is 41.8 Å². The molecule has 1 aromatic heterocycles. The number of rotatable bonds is 6. The first kappa shape index (κ1) is 13.7. The zero-order chi connectivity index (χ0) is 12.1. The molecule has 1 atom stereocenters. The molecule has 0 spiro atoms. The predicted octanol–water partition coefficient (Wildman–Crippen LogP) is 3.32. The van der Waals surface area contributed by atoms with E-state index in [-0.39, 0.29) is 6.10 Å². The minimum absolute atomic E-state index is 0.188. The summed E-state index contributed by atoms with van der Waals surface area (Å²) < 4.78 is 3.06. The van der Waals surface area contributed by atoms with Crippen molar-refractivity contribution in [2.75, 3.05) is 0 Å². The van der Waals surface area contributed by atoms with Crippen LogP contribution in [0.2, 0.25) is 0 Å². The second-order valence-corrected chi connectivity index (χ2v) is 5.31. The maximum atomic E-state index is 9.72. The van der Waals surface area contributed by atoms with Gasteiger partial charge in [-0.2, -0.15) is 5.10 Å². The standard InChI is InChI=1S/C12H21BrN2O/c1-4-5-10(16)6-7-12-11(13)8-14-15(12)9(2)3/h8-10,16H,4-7H2,1-3H3. The summed E-state index contributed by atoms with van der Waals surface area (Å²) in [4.78, 5) is 0. The molecule has 16 heavy (non-hydrogen) atoms. The van der Waals surface area contributed by atoms with Crippen molar-refractivity contribution in [1.82, 2.24) is 9.78 Å². The Hall–Kier alpha value is -0.350. The Morgan fingerprint density at radius 1 is 1.44 bits per heavy atom. The molecule has 3 nitrogen and oxygen atoms in total. The molecule has 0 saturated heterocycles. The summed E-state index contributed by atoms with van der Waals surface area (Å²) in [6, 6.07) is 0.365. The van der Waals surface area contributed by atoms with Gasteiger partial charge in [-0.1, -0.05) is 13.3 Å². The number of nitrogens with zero attached hydrogens (tertiary/aromatic N) is 2. The summed E-state index contributed by atoms with van der Waals surface area (Å²) >= 11 is 3.51. The molecule has 0 fully saturated rings. The van der Waals surface area contributed by atoms with Crippen molar-refractivity contribution in [2.24, 2.45) is 0 Å². The summed E-state index contributed by atoms with van der Waals surface area (Å²) in [5.74, 6) is 0. The highest BCUT2D eigenvalue weighted by Gasteiger charge is 2.12. The van der Waals surface area contributed by atoms with Crippen LogP contribution in [-0.4, -0.2) is 21.0 Å². The van der Waals surface area contributed by atoms with E-state index in [1.807, 2.05) is 10.9 Å². The molecular formula is C12H21BrN2O. The van der Waals surface area contributed by atoms with E-state index >= 15 is 0 Å². The summed E-state index contributed by atoms with van der Waals surface area (Å²) in [7, 11) is 0. The topological polar surface area (TPSA) is 38.1 Å². The van der Waals surface area contributed by atoms with Crippen molar-refractivity contribution in [3.8, 4) is 0 Å². The molecule has 0 bridgehead atoms. The van der Waals surface area contributed by atoms with Crippen LogP contribution in [0, 0.1) is 0 Å². The Bertz CT molecular complexity index is 323. The fraction of sp³-hybridized carbons (Fsp3) is 0.750. The van der Waals surface area contributed by atoms with E-state index in [0.717, 1.165) is 30.2 Å². The predicted molar refractivity (Wildman–Crippen MR) is 69.5 cm³/mol. The molecule has 1 rings (SSSR count). The summed E-state index contributed by atoms with van der Waals surface area (Å²) in [6.45, 7) is 6.33. The number of hydrogen-bond donors (Lipinski definition) is 1. The molecule has 0 amide bonds.